The first-order valence-corrected chi connectivity index (χ1v) is 7.43. The zero-order valence-electron chi connectivity index (χ0n) is 12.1. The molecule has 0 atom stereocenters. The molecular formula is C16H12Cl2NO4-. The number of para-hydroxylation sites is 1. The maximum atomic E-state index is 12.3. The highest BCUT2D eigenvalue weighted by molar-refractivity contribution is 6.37. The highest BCUT2D eigenvalue weighted by atomic mass is 35.5. The zero-order chi connectivity index (χ0) is 17.0. The van der Waals surface area contributed by atoms with Crippen molar-refractivity contribution in [3.05, 3.63) is 57.6 Å². The van der Waals surface area contributed by atoms with E-state index < -0.39 is 11.9 Å². The minimum atomic E-state index is -1.39. The van der Waals surface area contributed by atoms with Gasteiger partial charge in [-0.1, -0.05) is 41.4 Å². The van der Waals surface area contributed by atoms with E-state index in [0.717, 1.165) is 0 Å². The van der Waals surface area contributed by atoms with Gasteiger partial charge in [0.05, 0.1) is 28.3 Å². The Morgan fingerprint density at radius 2 is 1.78 bits per heavy atom. The van der Waals surface area contributed by atoms with Crippen LogP contribution in [0.25, 0.3) is 0 Å². The van der Waals surface area contributed by atoms with Crippen LogP contribution in [0.5, 0.6) is 5.75 Å². The molecule has 23 heavy (non-hydrogen) atoms. The van der Waals surface area contributed by atoms with Gasteiger partial charge < -0.3 is 20.0 Å². The summed E-state index contributed by atoms with van der Waals surface area (Å²) in [5.41, 5.74) is 0.180. The predicted molar refractivity (Wildman–Crippen MR) is 86.4 cm³/mol. The Hall–Kier alpha value is -2.24. The van der Waals surface area contributed by atoms with E-state index >= 15 is 0 Å². The van der Waals surface area contributed by atoms with E-state index in [1.165, 1.54) is 30.3 Å². The van der Waals surface area contributed by atoms with Gasteiger partial charge in [0, 0.05) is 11.1 Å². The third-order valence-electron chi connectivity index (χ3n) is 2.94. The number of hydrogen-bond acceptors (Lipinski definition) is 4. The molecule has 1 N–H and O–H groups in total. The van der Waals surface area contributed by atoms with E-state index in [0.29, 0.717) is 12.4 Å². The average Bonchev–Trinajstić information content (AvgIpc) is 2.51. The smallest absolute Gasteiger partial charge is 0.255 e. The standard InChI is InChI=1S/C16H13Cl2NO4/c1-2-23-14-11(17)7-9(8-12(14)18)15(20)19-13-6-4-3-5-10(13)16(21)22/h3-8H,2H2,1H3,(H,19,20)(H,21,22)/p-1. The molecule has 2 aromatic carbocycles. The fourth-order valence-electron chi connectivity index (χ4n) is 1.94. The minimum Gasteiger partial charge on any atom is -0.545 e. The molecule has 7 heteroatoms. The van der Waals surface area contributed by atoms with Gasteiger partial charge in [-0.2, -0.15) is 0 Å². The monoisotopic (exact) mass is 352 g/mol. The highest BCUT2D eigenvalue weighted by Gasteiger charge is 2.15. The Balaban J connectivity index is 2.30. The van der Waals surface area contributed by atoms with Crippen LogP contribution < -0.4 is 15.2 Å². The van der Waals surface area contributed by atoms with Crippen molar-refractivity contribution in [3.8, 4) is 5.75 Å². The van der Waals surface area contributed by atoms with Crippen molar-refractivity contribution >= 4 is 40.8 Å². The van der Waals surface area contributed by atoms with Gasteiger partial charge in [0.1, 0.15) is 0 Å². The summed E-state index contributed by atoms with van der Waals surface area (Å²) in [5.74, 6) is -1.64. The lowest BCUT2D eigenvalue weighted by Gasteiger charge is -2.13. The van der Waals surface area contributed by atoms with Crippen molar-refractivity contribution in [2.75, 3.05) is 11.9 Å². The molecular weight excluding hydrogens is 341 g/mol. The normalized spacial score (nSPS) is 10.2. The van der Waals surface area contributed by atoms with Crippen molar-refractivity contribution < 1.29 is 19.4 Å². The number of halogens is 2. The summed E-state index contributed by atoms with van der Waals surface area (Å²) in [6, 6.07) is 8.72. The van der Waals surface area contributed by atoms with E-state index in [9.17, 15) is 14.7 Å². The molecule has 0 unspecified atom stereocenters. The number of carbonyl (C=O) groups excluding carboxylic acids is 2. The molecule has 0 spiro atoms. The SMILES string of the molecule is CCOc1c(Cl)cc(C(=O)Nc2ccccc2C(=O)[O-])cc1Cl. The van der Waals surface area contributed by atoms with Crippen LogP contribution in [0.2, 0.25) is 10.0 Å². The number of carboxylic acid groups (broad SMARTS) is 1. The molecule has 0 saturated heterocycles. The van der Waals surface area contributed by atoms with Crippen molar-refractivity contribution in [2.24, 2.45) is 0 Å². The van der Waals surface area contributed by atoms with Gasteiger partial charge in [-0.25, -0.2) is 0 Å². The number of benzene rings is 2. The van der Waals surface area contributed by atoms with Crippen LogP contribution in [0.3, 0.4) is 0 Å². The predicted octanol–water partition coefficient (Wildman–Crippen LogP) is 3.01. The Morgan fingerprint density at radius 3 is 2.35 bits per heavy atom. The summed E-state index contributed by atoms with van der Waals surface area (Å²) in [5, 5.41) is 13.9. The quantitative estimate of drug-likeness (QED) is 0.896. The van der Waals surface area contributed by atoms with Gasteiger partial charge >= 0.3 is 0 Å². The number of aromatic carboxylic acids is 1. The molecule has 0 aromatic heterocycles. The molecule has 0 heterocycles. The number of carbonyl (C=O) groups is 2. The minimum absolute atomic E-state index is 0.121. The molecule has 0 radical (unpaired) electrons. The van der Waals surface area contributed by atoms with E-state index in [4.69, 9.17) is 27.9 Å². The maximum Gasteiger partial charge on any atom is 0.255 e. The van der Waals surface area contributed by atoms with Crippen LogP contribution in [0, 0.1) is 0 Å². The number of amides is 1. The third-order valence-corrected chi connectivity index (χ3v) is 3.51. The molecule has 0 aliphatic carbocycles. The largest absolute Gasteiger partial charge is 0.545 e. The number of ether oxygens (including phenoxy) is 1. The lowest BCUT2D eigenvalue weighted by Crippen LogP contribution is -2.24. The molecule has 0 aliphatic rings. The average molecular weight is 353 g/mol. The number of anilines is 1. The van der Waals surface area contributed by atoms with Crippen LogP contribution in [0.4, 0.5) is 5.69 Å². The van der Waals surface area contributed by atoms with Crippen molar-refractivity contribution in [1.82, 2.24) is 0 Å². The number of nitrogens with one attached hydrogen (secondary N) is 1. The fourth-order valence-corrected chi connectivity index (χ4v) is 2.53. The fraction of sp³-hybridized carbons (Fsp3) is 0.125. The van der Waals surface area contributed by atoms with Crippen LogP contribution in [0.1, 0.15) is 27.6 Å². The third kappa shape index (κ3) is 3.94. The van der Waals surface area contributed by atoms with E-state index in [-0.39, 0.29) is 26.9 Å². The van der Waals surface area contributed by atoms with E-state index in [1.54, 1.807) is 13.0 Å². The molecule has 5 nitrogen and oxygen atoms in total. The zero-order valence-corrected chi connectivity index (χ0v) is 13.6. The van der Waals surface area contributed by atoms with E-state index in [1.807, 2.05) is 0 Å². The van der Waals surface area contributed by atoms with Gasteiger partial charge in [-0.05, 0) is 25.1 Å². The van der Waals surface area contributed by atoms with Gasteiger partial charge in [0.25, 0.3) is 5.91 Å². The van der Waals surface area contributed by atoms with Crippen molar-refractivity contribution in [2.45, 2.75) is 6.92 Å². The van der Waals surface area contributed by atoms with Gasteiger partial charge in [0.15, 0.2) is 5.75 Å². The molecule has 0 bridgehead atoms. The molecule has 1 amide bonds. The lowest BCUT2D eigenvalue weighted by atomic mass is 10.1. The number of rotatable bonds is 5. The van der Waals surface area contributed by atoms with E-state index in [2.05, 4.69) is 5.32 Å². The maximum absolute atomic E-state index is 12.3. The molecule has 2 rings (SSSR count). The van der Waals surface area contributed by atoms with Gasteiger partial charge in [0.2, 0.25) is 0 Å². The lowest BCUT2D eigenvalue weighted by molar-refractivity contribution is -0.254. The first-order chi connectivity index (χ1) is 10.9. The molecule has 2 aromatic rings. The van der Waals surface area contributed by atoms with Crippen LogP contribution in [-0.2, 0) is 0 Å². The molecule has 120 valence electrons. The van der Waals surface area contributed by atoms with Gasteiger partial charge in [-0.15, -0.1) is 0 Å². The van der Waals surface area contributed by atoms with Gasteiger partial charge in [-0.3, -0.25) is 4.79 Å². The van der Waals surface area contributed by atoms with Crippen LogP contribution in [0.15, 0.2) is 36.4 Å². The first-order valence-electron chi connectivity index (χ1n) is 6.67. The Labute approximate surface area is 142 Å². The van der Waals surface area contributed by atoms with Crippen LogP contribution in [-0.4, -0.2) is 18.5 Å². The second-order valence-corrected chi connectivity index (χ2v) is 5.30. The summed E-state index contributed by atoms with van der Waals surface area (Å²) in [7, 11) is 0. The first kappa shape index (κ1) is 17.1. The van der Waals surface area contributed by atoms with Crippen LogP contribution >= 0.6 is 23.2 Å². The summed E-state index contributed by atoms with van der Waals surface area (Å²) in [6.45, 7) is 2.16. The summed E-state index contributed by atoms with van der Waals surface area (Å²) in [4.78, 5) is 23.3. The Bertz CT molecular complexity index is 738. The Kier molecular flexibility index (Phi) is 5.47. The van der Waals surface area contributed by atoms with Crippen molar-refractivity contribution in [3.63, 3.8) is 0 Å². The summed E-state index contributed by atoms with van der Waals surface area (Å²) >= 11 is 12.1. The molecule has 0 saturated carbocycles. The Morgan fingerprint density at radius 1 is 1.17 bits per heavy atom. The molecule has 0 fully saturated rings. The second-order valence-electron chi connectivity index (χ2n) is 4.49. The summed E-state index contributed by atoms with van der Waals surface area (Å²) < 4.78 is 5.29. The molecule has 0 aliphatic heterocycles. The topological polar surface area (TPSA) is 78.5 Å². The highest BCUT2D eigenvalue weighted by Crippen LogP contribution is 2.34. The second kappa shape index (κ2) is 7.35. The number of hydrogen-bond donors (Lipinski definition) is 1. The number of carboxylic acids is 1. The van der Waals surface area contributed by atoms with Crippen molar-refractivity contribution in [1.29, 1.82) is 0 Å². The summed E-state index contributed by atoms with van der Waals surface area (Å²) in [6.07, 6.45) is 0.